The highest BCUT2D eigenvalue weighted by Gasteiger charge is 2.62. The molecule has 0 amide bonds. The lowest BCUT2D eigenvalue weighted by molar-refractivity contribution is 0.420. The Labute approximate surface area is 234 Å². The van der Waals surface area contributed by atoms with Crippen LogP contribution in [0.15, 0.2) is 72.8 Å². The van der Waals surface area contributed by atoms with Gasteiger partial charge in [-0.15, -0.1) is 0 Å². The molecule has 0 heterocycles. The Morgan fingerprint density at radius 1 is 0.500 bits per heavy atom. The number of hydrogen-bond donors (Lipinski definition) is 0. The maximum atomic E-state index is 6.13. The van der Waals surface area contributed by atoms with Gasteiger partial charge < -0.3 is 9.47 Å². The summed E-state index contributed by atoms with van der Waals surface area (Å²) in [5.74, 6) is 2.01. The van der Waals surface area contributed by atoms with E-state index in [9.17, 15) is 0 Å². The molecule has 4 rings (SSSR count). The van der Waals surface area contributed by atoms with Gasteiger partial charge in [-0.25, -0.2) is 0 Å². The van der Waals surface area contributed by atoms with Gasteiger partial charge in [-0.05, 0) is 38.1 Å². The summed E-state index contributed by atoms with van der Waals surface area (Å²) in [5.41, 5.74) is 0. The monoisotopic (exact) mass is 574 g/mol. The highest BCUT2D eigenvalue weighted by molar-refractivity contribution is 7.56. The van der Waals surface area contributed by atoms with Gasteiger partial charge in [-0.1, -0.05) is 120 Å². The van der Waals surface area contributed by atoms with Crippen LogP contribution in [0.4, 0.5) is 0 Å². The average molecular weight is 575 g/mol. The minimum atomic E-state index is -2.47. The fourth-order valence-corrected chi connectivity index (χ4v) is 60.3. The zero-order valence-electron chi connectivity index (χ0n) is 25.3. The van der Waals surface area contributed by atoms with Crippen molar-refractivity contribution in [1.82, 2.24) is 0 Å². The topological polar surface area (TPSA) is 18.5 Å². The second-order valence-corrected chi connectivity index (χ2v) is 40.9. The summed E-state index contributed by atoms with van der Waals surface area (Å²) in [6.07, 6.45) is 0. The van der Waals surface area contributed by atoms with Gasteiger partial charge in [0.1, 0.15) is 19.1 Å². The highest BCUT2D eigenvalue weighted by atomic mass is 29.3. The van der Waals surface area contributed by atoms with Crippen LogP contribution in [0.2, 0.25) is 63.7 Å². The summed E-state index contributed by atoms with van der Waals surface area (Å²) in [7, 11) is -4.09. The molecule has 6 heteroatoms. The molecule has 0 spiro atoms. The molecule has 0 atom stereocenters. The molecule has 202 valence electrons. The Kier molecular flexibility index (Phi) is 7.69. The van der Waals surface area contributed by atoms with Crippen LogP contribution in [0.1, 0.15) is 0 Å². The van der Waals surface area contributed by atoms with Crippen molar-refractivity contribution in [2.75, 3.05) is 14.2 Å². The first-order valence-corrected chi connectivity index (χ1v) is 27.5. The number of fused-ring (bicyclic) bond motifs is 2. The molecule has 2 nitrogen and oxygen atoms in total. The molecule has 0 aliphatic carbocycles. The molecule has 4 aromatic rings. The van der Waals surface area contributed by atoms with E-state index in [2.05, 4.69) is 132 Å². The maximum absolute atomic E-state index is 6.13. The van der Waals surface area contributed by atoms with Crippen LogP contribution in [0.3, 0.4) is 0 Å². The largest absolute Gasteiger partial charge is 0.496 e. The van der Waals surface area contributed by atoms with E-state index in [1.165, 1.54) is 21.5 Å². The van der Waals surface area contributed by atoms with E-state index in [1.54, 1.807) is 10.4 Å². The van der Waals surface area contributed by atoms with Gasteiger partial charge in [0.2, 0.25) is 0 Å². The predicted octanol–water partition coefficient (Wildman–Crippen LogP) is 8.11. The molecule has 38 heavy (non-hydrogen) atoms. The van der Waals surface area contributed by atoms with Gasteiger partial charge >= 0.3 is 0 Å². The molecular weight excluding hydrogens is 529 g/mol. The second kappa shape index (κ2) is 10.1. The van der Waals surface area contributed by atoms with Gasteiger partial charge in [-0.2, -0.15) is 0 Å². The first-order chi connectivity index (χ1) is 17.7. The molecule has 0 bridgehead atoms. The molecular formula is C32H46O2Si4. The number of rotatable bonds is 8. The van der Waals surface area contributed by atoms with E-state index in [0.717, 1.165) is 16.3 Å². The lowest BCUT2D eigenvalue weighted by Gasteiger charge is -2.57. The molecule has 4 aromatic carbocycles. The Hall–Kier alpha value is -2.13. The van der Waals surface area contributed by atoms with E-state index in [4.69, 9.17) is 9.47 Å². The maximum Gasteiger partial charge on any atom is 0.126 e. The van der Waals surface area contributed by atoms with Gasteiger partial charge in [0.25, 0.3) is 0 Å². The number of benzene rings is 4. The zero-order chi connectivity index (χ0) is 28.1. The first-order valence-electron chi connectivity index (χ1n) is 13.8. The predicted molar refractivity (Wildman–Crippen MR) is 180 cm³/mol. The van der Waals surface area contributed by atoms with Gasteiger partial charge in [0.15, 0.2) is 0 Å². The summed E-state index contributed by atoms with van der Waals surface area (Å²) in [4.78, 5) is 0.722. The molecule has 0 radical (unpaired) electrons. The molecule has 0 saturated carbocycles. The van der Waals surface area contributed by atoms with E-state index >= 15 is 0 Å². The third-order valence-electron chi connectivity index (χ3n) is 8.37. The van der Waals surface area contributed by atoms with Crippen molar-refractivity contribution in [3.8, 4) is 11.5 Å². The number of ether oxygens (including phenoxy) is 2. The van der Waals surface area contributed by atoms with Gasteiger partial charge in [0, 0.05) is 34.5 Å². The summed E-state index contributed by atoms with van der Waals surface area (Å²) in [5, 5.41) is 8.41. The van der Waals surface area contributed by atoms with Crippen LogP contribution in [-0.4, -0.2) is 45.6 Å². The average Bonchev–Trinajstić information content (AvgIpc) is 2.83. The van der Waals surface area contributed by atoms with Crippen molar-refractivity contribution in [1.29, 1.82) is 0 Å². The minimum absolute atomic E-state index is 0.722. The normalized spacial score (nSPS) is 13.4. The Morgan fingerprint density at radius 3 is 1.13 bits per heavy atom. The Morgan fingerprint density at radius 2 is 0.842 bits per heavy atom. The van der Waals surface area contributed by atoms with Crippen LogP contribution in [-0.2, 0) is 0 Å². The fraction of sp³-hybridized carbons (Fsp3) is 0.375. The molecule has 0 aromatic heterocycles. The van der Waals surface area contributed by atoms with Crippen molar-refractivity contribution in [3.05, 3.63) is 72.8 Å². The van der Waals surface area contributed by atoms with Crippen molar-refractivity contribution in [2.45, 2.75) is 63.7 Å². The SMILES string of the molecule is COc1cccc2cccc([Si](c3cccc4cccc(OC)c34)(C([Si](C)(C)C)[Si](C)(C)C)[Si](C)(C)C)c12. The van der Waals surface area contributed by atoms with E-state index in [0.29, 0.717) is 0 Å². The van der Waals surface area contributed by atoms with Crippen LogP contribution in [0.5, 0.6) is 11.5 Å². The van der Waals surface area contributed by atoms with E-state index < -0.39 is 31.3 Å². The number of hydrogen-bond acceptors (Lipinski definition) is 2. The van der Waals surface area contributed by atoms with Crippen molar-refractivity contribution < 1.29 is 9.47 Å². The summed E-state index contributed by atoms with van der Waals surface area (Å²) in [6.45, 7) is 23.8. The molecule has 0 saturated heterocycles. The number of methoxy groups -OCH3 is 2. The van der Waals surface area contributed by atoms with Crippen molar-refractivity contribution >= 4 is 63.2 Å². The lowest BCUT2D eigenvalue weighted by atomic mass is 10.1. The Balaban J connectivity index is 2.41. The zero-order valence-corrected chi connectivity index (χ0v) is 29.3. The third-order valence-corrected chi connectivity index (χ3v) is 41.9. The van der Waals surface area contributed by atoms with Crippen molar-refractivity contribution in [2.24, 2.45) is 0 Å². The standard InChI is InChI=1S/C32H46O2Si4/c1-33-26-20-12-16-24-18-14-22-28(30(24)26)38(37(9,10)11,32(35(3,4)5)36(6,7)8)29-23-15-19-25-17-13-21-27(34-2)31(25)29/h12-23,32H,1-11H3. The molecule has 0 fully saturated rings. The summed E-state index contributed by atoms with van der Waals surface area (Å²) in [6, 6.07) is 27.3. The fourth-order valence-electron chi connectivity index (χ4n) is 7.91. The highest BCUT2D eigenvalue weighted by Crippen LogP contribution is 2.46. The van der Waals surface area contributed by atoms with Crippen LogP contribution in [0.25, 0.3) is 21.5 Å². The first kappa shape index (κ1) is 28.9. The second-order valence-electron chi connectivity index (χ2n) is 14.0. The van der Waals surface area contributed by atoms with Crippen LogP contribution < -0.4 is 19.8 Å². The molecule has 0 N–H and O–H groups in total. The molecule has 0 aliphatic rings. The molecule has 0 aliphatic heterocycles. The quantitative estimate of drug-likeness (QED) is 0.198. The molecule has 0 unspecified atom stereocenters. The Bertz CT molecular complexity index is 1350. The smallest absolute Gasteiger partial charge is 0.126 e. The van der Waals surface area contributed by atoms with Crippen molar-refractivity contribution in [3.63, 3.8) is 0 Å². The minimum Gasteiger partial charge on any atom is -0.496 e. The summed E-state index contributed by atoms with van der Waals surface area (Å²) >= 11 is 0. The third kappa shape index (κ3) is 4.63. The van der Waals surface area contributed by atoms with Gasteiger partial charge in [-0.3, -0.25) is 0 Å². The van der Waals surface area contributed by atoms with Gasteiger partial charge in [0.05, 0.1) is 14.2 Å². The van der Waals surface area contributed by atoms with E-state index in [-0.39, 0.29) is 0 Å². The van der Waals surface area contributed by atoms with Crippen LogP contribution in [0, 0.1) is 0 Å². The summed E-state index contributed by atoms with van der Waals surface area (Å²) < 4.78 is 12.3. The van der Waals surface area contributed by atoms with E-state index in [1.807, 2.05) is 14.2 Å². The van der Waals surface area contributed by atoms with Crippen LogP contribution >= 0.6 is 0 Å². The lowest BCUT2D eigenvalue weighted by Crippen LogP contribution is -2.81.